The van der Waals surface area contributed by atoms with Gasteiger partial charge >= 0.3 is 0 Å². The van der Waals surface area contributed by atoms with Gasteiger partial charge in [-0.2, -0.15) is 0 Å². The van der Waals surface area contributed by atoms with Crippen LogP contribution in [-0.2, 0) is 9.59 Å². The molecule has 2 saturated carbocycles. The molecule has 0 aromatic heterocycles. The van der Waals surface area contributed by atoms with Gasteiger partial charge in [-0.05, 0) is 49.1 Å². The standard InChI is InChI=1S/C26H23NO4/c1-14-5-7-15(8-6-14)22(28)13-31-17-4-2-3-16(11-17)27-25(29)23-18-9-10-19(21-12-20(18)21)24(23)26(27)30/h2-11,18-21,23-24H,12-13H2,1H3/t18-,19-,20-,21+,23+,24+/m1/s1. The topological polar surface area (TPSA) is 63.7 Å². The predicted molar refractivity (Wildman–Crippen MR) is 115 cm³/mol. The largest absolute Gasteiger partial charge is 0.485 e. The lowest BCUT2D eigenvalue weighted by Gasteiger charge is -2.37. The van der Waals surface area contributed by atoms with E-state index >= 15 is 0 Å². The van der Waals surface area contributed by atoms with Gasteiger partial charge < -0.3 is 4.74 Å². The van der Waals surface area contributed by atoms with Crippen molar-refractivity contribution in [1.82, 2.24) is 0 Å². The first-order chi connectivity index (χ1) is 15.0. The van der Waals surface area contributed by atoms with Crippen molar-refractivity contribution in [3.63, 3.8) is 0 Å². The van der Waals surface area contributed by atoms with Crippen molar-refractivity contribution in [3.8, 4) is 5.75 Å². The number of rotatable bonds is 5. The highest BCUT2D eigenvalue weighted by molar-refractivity contribution is 6.22. The minimum Gasteiger partial charge on any atom is -0.485 e. The fourth-order valence-electron chi connectivity index (χ4n) is 5.90. The number of ether oxygens (including phenoxy) is 1. The molecule has 0 radical (unpaired) electrons. The van der Waals surface area contributed by atoms with Crippen LogP contribution >= 0.6 is 0 Å². The quantitative estimate of drug-likeness (QED) is 0.425. The van der Waals surface area contributed by atoms with Gasteiger partial charge in [0, 0.05) is 11.6 Å². The van der Waals surface area contributed by atoms with Gasteiger partial charge in [-0.25, -0.2) is 4.90 Å². The molecular weight excluding hydrogens is 390 g/mol. The number of hydrogen-bond donors (Lipinski definition) is 0. The maximum Gasteiger partial charge on any atom is 0.238 e. The van der Waals surface area contributed by atoms with Gasteiger partial charge in [-0.3, -0.25) is 14.4 Å². The summed E-state index contributed by atoms with van der Waals surface area (Å²) in [5.41, 5.74) is 2.21. The lowest BCUT2D eigenvalue weighted by Crippen LogP contribution is -2.40. The van der Waals surface area contributed by atoms with E-state index in [1.165, 1.54) is 4.90 Å². The predicted octanol–water partition coefficient (Wildman–Crippen LogP) is 3.81. The Balaban J connectivity index is 1.20. The van der Waals surface area contributed by atoms with Crippen molar-refractivity contribution in [1.29, 1.82) is 0 Å². The Morgan fingerprint density at radius 2 is 1.61 bits per heavy atom. The van der Waals surface area contributed by atoms with Gasteiger partial charge in [0.2, 0.25) is 11.8 Å². The van der Waals surface area contributed by atoms with Crippen LogP contribution in [0, 0.1) is 42.4 Å². The Morgan fingerprint density at radius 3 is 2.26 bits per heavy atom. The number of carbonyl (C=O) groups is 3. The zero-order valence-corrected chi connectivity index (χ0v) is 17.2. The van der Waals surface area contributed by atoms with Crippen molar-refractivity contribution in [3.05, 3.63) is 71.8 Å². The SMILES string of the molecule is Cc1ccc(C(=O)COc2cccc(N3C(=O)[C@H]4[C@@H]5C=C[C@H]([C@@H]6C[C@H]56)[C@@H]4C3=O)c2)cc1. The Labute approximate surface area is 180 Å². The number of amides is 2. The van der Waals surface area contributed by atoms with Gasteiger partial charge in [0.1, 0.15) is 5.75 Å². The van der Waals surface area contributed by atoms with Crippen molar-refractivity contribution < 1.29 is 19.1 Å². The van der Waals surface area contributed by atoms with Crippen LogP contribution in [0.5, 0.6) is 5.75 Å². The van der Waals surface area contributed by atoms with Crippen LogP contribution in [0.2, 0.25) is 0 Å². The molecule has 0 N–H and O–H groups in total. The minimum absolute atomic E-state index is 0.0902. The number of carbonyl (C=O) groups excluding carboxylic acids is 3. The molecule has 2 aromatic rings. The van der Waals surface area contributed by atoms with E-state index in [4.69, 9.17) is 4.74 Å². The highest BCUT2D eigenvalue weighted by Crippen LogP contribution is 2.65. The molecule has 5 nitrogen and oxygen atoms in total. The molecular formula is C26H23NO4. The minimum atomic E-state index is -0.223. The van der Waals surface area contributed by atoms with Crippen LogP contribution in [0.3, 0.4) is 0 Å². The van der Waals surface area contributed by atoms with Gasteiger partial charge in [-0.15, -0.1) is 0 Å². The molecule has 1 saturated heterocycles. The monoisotopic (exact) mass is 413 g/mol. The Morgan fingerprint density at radius 1 is 0.968 bits per heavy atom. The van der Waals surface area contributed by atoms with E-state index < -0.39 is 0 Å². The molecule has 2 bridgehead atoms. The summed E-state index contributed by atoms with van der Waals surface area (Å²) in [4.78, 5) is 40.3. The molecule has 7 rings (SSSR count). The number of hydrogen-bond acceptors (Lipinski definition) is 4. The van der Waals surface area contributed by atoms with Crippen molar-refractivity contribution >= 4 is 23.3 Å². The average Bonchev–Trinajstić information content (AvgIpc) is 3.56. The zero-order valence-electron chi connectivity index (χ0n) is 17.2. The lowest BCUT2D eigenvalue weighted by molar-refractivity contribution is -0.124. The summed E-state index contributed by atoms with van der Waals surface area (Å²) in [6.45, 7) is 1.87. The van der Waals surface area contributed by atoms with Crippen LogP contribution < -0.4 is 9.64 Å². The number of allylic oxidation sites excluding steroid dienone is 2. The van der Waals surface area contributed by atoms with Crippen LogP contribution in [0.1, 0.15) is 22.3 Å². The molecule has 0 unspecified atom stereocenters. The molecule has 1 aliphatic heterocycles. The molecule has 0 spiro atoms. The third kappa shape index (κ3) is 2.79. The third-order valence-electron chi connectivity index (χ3n) is 7.48. The number of ketones is 1. The van der Waals surface area contributed by atoms with E-state index in [-0.39, 0.29) is 47.9 Å². The summed E-state index contributed by atoms with van der Waals surface area (Å²) in [6, 6.07) is 14.3. The summed E-state index contributed by atoms with van der Waals surface area (Å²) in [5.74, 6) is 1.29. The smallest absolute Gasteiger partial charge is 0.238 e. The van der Waals surface area contributed by atoms with E-state index in [1.807, 2.05) is 19.1 Å². The average molecular weight is 413 g/mol. The normalized spacial score (nSPS) is 32.1. The molecule has 4 aliphatic carbocycles. The van der Waals surface area contributed by atoms with Crippen LogP contribution in [0.15, 0.2) is 60.7 Å². The highest BCUT2D eigenvalue weighted by Gasteiger charge is 2.67. The number of anilines is 1. The first-order valence-electron chi connectivity index (χ1n) is 10.9. The number of benzene rings is 2. The van der Waals surface area contributed by atoms with Crippen LogP contribution in [0.25, 0.3) is 0 Å². The Hall–Kier alpha value is -3.21. The summed E-state index contributed by atoms with van der Waals surface area (Å²) in [6.07, 6.45) is 5.49. The molecule has 2 aromatic carbocycles. The summed E-state index contributed by atoms with van der Waals surface area (Å²) < 4.78 is 5.71. The van der Waals surface area contributed by atoms with E-state index in [0.717, 1.165) is 12.0 Å². The van der Waals surface area contributed by atoms with E-state index in [9.17, 15) is 14.4 Å². The van der Waals surface area contributed by atoms with Gasteiger partial charge in [0.05, 0.1) is 17.5 Å². The zero-order chi connectivity index (χ0) is 21.3. The number of imide groups is 1. The maximum atomic E-state index is 13.3. The number of aryl methyl sites for hydroxylation is 1. The third-order valence-corrected chi connectivity index (χ3v) is 7.48. The van der Waals surface area contributed by atoms with Crippen molar-refractivity contribution in [2.45, 2.75) is 13.3 Å². The van der Waals surface area contributed by atoms with E-state index in [1.54, 1.807) is 36.4 Å². The second-order valence-corrected chi connectivity index (χ2v) is 9.24. The maximum absolute atomic E-state index is 13.3. The molecule has 5 aliphatic rings. The summed E-state index contributed by atoms with van der Waals surface area (Å²) in [5, 5.41) is 0. The number of nitrogens with zero attached hydrogens (tertiary/aromatic N) is 1. The molecule has 156 valence electrons. The fourth-order valence-corrected chi connectivity index (χ4v) is 5.90. The lowest BCUT2D eigenvalue weighted by atomic mass is 9.63. The van der Waals surface area contributed by atoms with E-state index in [2.05, 4.69) is 12.2 Å². The highest BCUT2D eigenvalue weighted by atomic mass is 16.5. The van der Waals surface area contributed by atoms with E-state index in [0.29, 0.717) is 28.8 Å². The van der Waals surface area contributed by atoms with Crippen molar-refractivity contribution in [2.24, 2.45) is 35.5 Å². The Kier molecular flexibility index (Phi) is 3.98. The molecule has 6 atom stereocenters. The first-order valence-corrected chi connectivity index (χ1v) is 10.9. The second-order valence-electron chi connectivity index (χ2n) is 9.24. The molecule has 3 fully saturated rings. The summed E-state index contributed by atoms with van der Waals surface area (Å²) in [7, 11) is 0. The first kappa shape index (κ1) is 18.6. The van der Waals surface area contributed by atoms with Gasteiger partial charge in [0.25, 0.3) is 0 Å². The molecule has 5 heteroatoms. The second kappa shape index (κ2) is 6.64. The number of Topliss-reactive ketones (excluding diaryl/α,β-unsaturated/α-hetero) is 1. The Bertz CT molecular complexity index is 1100. The fraction of sp³-hybridized carbons (Fsp3) is 0.346. The van der Waals surface area contributed by atoms with Gasteiger partial charge in [0.15, 0.2) is 12.4 Å². The van der Waals surface area contributed by atoms with Crippen LogP contribution in [-0.4, -0.2) is 24.2 Å². The van der Waals surface area contributed by atoms with Crippen molar-refractivity contribution in [2.75, 3.05) is 11.5 Å². The summed E-state index contributed by atoms with van der Waals surface area (Å²) >= 11 is 0. The van der Waals surface area contributed by atoms with Crippen LogP contribution in [0.4, 0.5) is 5.69 Å². The molecule has 31 heavy (non-hydrogen) atoms. The molecule has 2 amide bonds. The molecule has 1 heterocycles. The van der Waals surface area contributed by atoms with Gasteiger partial charge in [-0.1, -0.05) is 48.0 Å².